The van der Waals surface area contributed by atoms with Gasteiger partial charge in [0.05, 0.1) is 5.56 Å². The first-order valence-electron chi connectivity index (χ1n) is 7.63. The monoisotopic (exact) mass is 413 g/mol. The van der Waals surface area contributed by atoms with Gasteiger partial charge in [-0.15, -0.1) is 0 Å². The molecule has 0 spiro atoms. The lowest BCUT2D eigenvalue weighted by Gasteiger charge is -2.12. The van der Waals surface area contributed by atoms with Crippen molar-refractivity contribution in [3.63, 3.8) is 0 Å². The van der Waals surface area contributed by atoms with Crippen LogP contribution in [0.1, 0.15) is 16.1 Å². The Morgan fingerprint density at radius 1 is 1.11 bits per heavy atom. The molecule has 0 aliphatic rings. The maximum absolute atomic E-state index is 13.1. The van der Waals surface area contributed by atoms with Gasteiger partial charge in [0.15, 0.2) is 5.69 Å². The summed E-state index contributed by atoms with van der Waals surface area (Å²) in [5.41, 5.74) is -0.314. The molecular formula is C18H12Cl2F3N3O. The Labute approximate surface area is 162 Å². The average molecular weight is 414 g/mol. The van der Waals surface area contributed by atoms with Gasteiger partial charge in [0.25, 0.3) is 5.91 Å². The van der Waals surface area contributed by atoms with Crippen molar-refractivity contribution < 1.29 is 18.0 Å². The van der Waals surface area contributed by atoms with Gasteiger partial charge < -0.3 is 5.32 Å². The number of hydrogen-bond donors (Lipinski definition) is 1. The molecule has 4 nitrogen and oxygen atoms in total. The van der Waals surface area contributed by atoms with Gasteiger partial charge in [0.2, 0.25) is 0 Å². The minimum atomic E-state index is -4.74. The van der Waals surface area contributed by atoms with E-state index in [-0.39, 0.29) is 0 Å². The summed E-state index contributed by atoms with van der Waals surface area (Å²) in [7, 11) is 1.31. The van der Waals surface area contributed by atoms with Crippen molar-refractivity contribution in [1.29, 1.82) is 0 Å². The number of hydrogen-bond acceptors (Lipinski definition) is 2. The summed E-state index contributed by atoms with van der Waals surface area (Å²) in [5.74, 6) is -0.920. The standard InChI is InChI=1S/C18H12Cl2F3N3O/c1-26-9-14(16(25-26)18(21,22)23)17(27)24-15-5-3-2-4-13(15)10-6-11(19)8-12(20)7-10/h2-9H,1H3,(H,24,27). The van der Waals surface area contributed by atoms with Crippen molar-refractivity contribution in [2.45, 2.75) is 6.18 Å². The molecule has 0 bridgehead atoms. The second-order valence-corrected chi connectivity index (χ2v) is 6.59. The maximum atomic E-state index is 13.1. The van der Waals surface area contributed by atoms with Crippen LogP contribution in [0.4, 0.5) is 18.9 Å². The summed E-state index contributed by atoms with van der Waals surface area (Å²) in [6.45, 7) is 0. The molecule has 0 atom stereocenters. The van der Waals surface area contributed by atoms with Crippen LogP contribution in [0, 0.1) is 0 Å². The van der Waals surface area contributed by atoms with Gasteiger partial charge in [-0.1, -0.05) is 41.4 Å². The Bertz CT molecular complexity index is 995. The molecule has 1 heterocycles. The van der Waals surface area contributed by atoms with Crippen LogP contribution < -0.4 is 5.32 Å². The van der Waals surface area contributed by atoms with Crippen molar-refractivity contribution in [1.82, 2.24) is 9.78 Å². The fourth-order valence-electron chi connectivity index (χ4n) is 2.61. The number of aryl methyl sites for hydroxylation is 1. The molecule has 9 heteroatoms. The Kier molecular flexibility index (Phi) is 5.17. The second kappa shape index (κ2) is 7.25. The topological polar surface area (TPSA) is 46.9 Å². The number of carbonyl (C=O) groups excluding carboxylic acids is 1. The van der Waals surface area contributed by atoms with Crippen LogP contribution >= 0.6 is 23.2 Å². The summed E-state index contributed by atoms with van der Waals surface area (Å²) in [4.78, 5) is 12.5. The summed E-state index contributed by atoms with van der Waals surface area (Å²) in [6, 6.07) is 11.5. The number of anilines is 1. The largest absolute Gasteiger partial charge is 0.435 e. The molecule has 0 saturated heterocycles. The van der Waals surface area contributed by atoms with Crippen LogP contribution in [0.2, 0.25) is 10.0 Å². The molecule has 3 rings (SSSR count). The van der Waals surface area contributed by atoms with Crippen LogP contribution in [-0.4, -0.2) is 15.7 Å². The van der Waals surface area contributed by atoms with Crippen molar-refractivity contribution in [2.75, 3.05) is 5.32 Å². The molecule has 1 amide bonds. The van der Waals surface area contributed by atoms with Crippen molar-refractivity contribution >= 4 is 34.8 Å². The van der Waals surface area contributed by atoms with E-state index in [1.54, 1.807) is 42.5 Å². The fourth-order valence-corrected chi connectivity index (χ4v) is 3.13. The van der Waals surface area contributed by atoms with Gasteiger partial charge in [0.1, 0.15) is 0 Å². The Hall–Kier alpha value is -2.51. The molecule has 0 fully saturated rings. The van der Waals surface area contributed by atoms with Crippen molar-refractivity contribution in [2.24, 2.45) is 7.05 Å². The SMILES string of the molecule is Cn1cc(C(=O)Nc2ccccc2-c2cc(Cl)cc(Cl)c2)c(C(F)(F)F)n1. The molecule has 27 heavy (non-hydrogen) atoms. The van der Waals surface area contributed by atoms with E-state index in [0.29, 0.717) is 26.9 Å². The Morgan fingerprint density at radius 3 is 2.37 bits per heavy atom. The van der Waals surface area contributed by atoms with Crippen molar-refractivity contribution in [3.8, 4) is 11.1 Å². The predicted molar refractivity (Wildman–Crippen MR) is 98.1 cm³/mol. The van der Waals surface area contributed by atoms with E-state index in [9.17, 15) is 18.0 Å². The highest BCUT2D eigenvalue weighted by molar-refractivity contribution is 6.35. The lowest BCUT2D eigenvalue weighted by Crippen LogP contribution is -2.18. The third-order valence-corrected chi connectivity index (χ3v) is 4.13. The zero-order valence-corrected chi connectivity index (χ0v) is 15.3. The van der Waals surface area contributed by atoms with E-state index in [1.165, 1.54) is 7.05 Å². The van der Waals surface area contributed by atoms with Gasteiger partial charge in [0, 0.05) is 34.5 Å². The van der Waals surface area contributed by atoms with Crippen LogP contribution in [0.25, 0.3) is 11.1 Å². The smallest absolute Gasteiger partial charge is 0.321 e. The first-order chi connectivity index (χ1) is 12.6. The van der Waals surface area contributed by atoms with Crippen LogP contribution in [0.15, 0.2) is 48.7 Å². The quantitative estimate of drug-likeness (QED) is 0.601. The maximum Gasteiger partial charge on any atom is 0.435 e. The second-order valence-electron chi connectivity index (χ2n) is 5.72. The highest BCUT2D eigenvalue weighted by Crippen LogP contribution is 2.34. The molecular weight excluding hydrogens is 402 g/mol. The average Bonchev–Trinajstić information content (AvgIpc) is 2.97. The Balaban J connectivity index is 1.99. The molecule has 0 aliphatic heterocycles. The third-order valence-electron chi connectivity index (χ3n) is 3.69. The van der Waals surface area contributed by atoms with E-state index >= 15 is 0 Å². The normalized spacial score (nSPS) is 11.5. The summed E-state index contributed by atoms with van der Waals surface area (Å²) >= 11 is 12.0. The molecule has 0 unspecified atom stereocenters. The number of benzene rings is 2. The third kappa shape index (κ3) is 4.26. The number of amides is 1. The zero-order valence-electron chi connectivity index (χ0n) is 13.8. The molecule has 140 valence electrons. The number of carbonyl (C=O) groups is 1. The predicted octanol–water partition coefficient (Wildman–Crippen LogP) is 5.67. The number of rotatable bonds is 3. The summed E-state index contributed by atoms with van der Waals surface area (Å²) < 4.78 is 40.3. The summed E-state index contributed by atoms with van der Waals surface area (Å²) in [6.07, 6.45) is -3.72. The lowest BCUT2D eigenvalue weighted by atomic mass is 10.0. The number of para-hydroxylation sites is 1. The Morgan fingerprint density at radius 2 is 1.74 bits per heavy atom. The van der Waals surface area contributed by atoms with Gasteiger partial charge >= 0.3 is 6.18 Å². The highest BCUT2D eigenvalue weighted by atomic mass is 35.5. The van der Waals surface area contributed by atoms with E-state index in [0.717, 1.165) is 10.9 Å². The molecule has 0 saturated carbocycles. The van der Waals surface area contributed by atoms with Gasteiger partial charge in [-0.25, -0.2) is 0 Å². The van der Waals surface area contributed by atoms with E-state index in [1.807, 2.05) is 0 Å². The van der Waals surface area contributed by atoms with E-state index in [2.05, 4.69) is 10.4 Å². The minimum absolute atomic E-state index is 0.317. The molecule has 0 aliphatic carbocycles. The number of halogens is 5. The van der Waals surface area contributed by atoms with Gasteiger partial charge in [-0.05, 0) is 29.8 Å². The van der Waals surface area contributed by atoms with Gasteiger partial charge in [-0.3, -0.25) is 9.48 Å². The number of nitrogens with one attached hydrogen (secondary N) is 1. The minimum Gasteiger partial charge on any atom is -0.321 e. The first kappa shape index (κ1) is 19.3. The number of alkyl halides is 3. The van der Waals surface area contributed by atoms with Crippen LogP contribution in [-0.2, 0) is 13.2 Å². The van der Waals surface area contributed by atoms with E-state index in [4.69, 9.17) is 23.2 Å². The summed E-state index contributed by atoms with van der Waals surface area (Å²) in [5, 5.41) is 6.64. The molecule has 3 aromatic rings. The highest BCUT2D eigenvalue weighted by Gasteiger charge is 2.39. The van der Waals surface area contributed by atoms with Crippen LogP contribution in [0.5, 0.6) is 0 Å². The molecule has 1 aromatic heterocycles. The number of aromatic nitrogens is 2. The molecule has 0 radical (unpaired) electrons. The van der Waals surface area contributed by atoms with Crippen molar-refractivity contribution in [3.05, 3.63) is 70.0 Å². The van der Waals surface area contributed by atoms with Gasteiger partial charge in [-0.2, -0.15) is 18.3 Å². The van der Waals surface area contributed by atoms with Crippen LogP contribution in [0.3, 0.4) is 0 Å². The first-order valence-corrected chi connectivity index (χ1v) is 8.38. The fraction of sp³-hybridized carbons (Fsp3) is 0.111. The molecule has 1 N–H and O–H groups in total. The zero-order chi connectivity index (χ0) is 19.8. The lowest BCUT2D eigenvalue weighted by molar-refractivity contribution is -0.141. The molecule has 2 aromatic carbocycles. The number of nitrogens with zero attached hydrogens (tertiary/aromatic N) is 2. The van der Waals surface area contributed by atoms with E-state index < -0.39 is 23.3 Å².